The molecule has 0 aliphatic carbocycles. The molecule has 29 heavy (non-hydrogen) atoms. The summed E-state index contributed by atoms with van der Waals surface area (Å²) in [4.78, 5) is 18.8. The van der Waals surface area contributed by atoms with Gasteiger partial charge in [0, 0.05) is 37.6 Å². The standard InChI is InChI=1S/C23H23FN2O2S/c24-19-8-6-18(7-9-19)21-10-11-22(29-21)23(27)26-14-12-25(13-15-26)16-17-28-20-4-2-1-3-5-20/h1-11H,12-17H2. The van der Waals surface area contributed by atoms with Gasteiger partial charge in [0.2, 0.25) is 0 Å². The fourth-order valence-electron chi connectivity index (χ4n) is 3.36. The van der Waals surface area contributed by atoms with Gasteiger partial charge in [0.1, 0.15) is 18.2 Å². The molecule has 0 N–H and O–H groups in total. The highest BCUT2D eigenvalue weighted by Gasteiger charge is 2.23. The lowest BCUT2D eigenvalue weighted by Crippen LogP contribution is -2.49. The molecule has 0 atom stereocenters. The van der Waals surface area contributed by atoms with Gasteiger partial charge in [-0.15, -0.1) is 11.3 Å². The van der Waals surface area contributed by atoms with Gasteiger partial charge in [0.15, 0.2) is 0 Å². The number of ether oxygens (including phenoxy) is 1. The van der Waals surface area contributed by atoms with Crippen molar-refractivity contribution in [3.05, 3.63) is 77.4 Å². The third kappa shape index (κ3) is 5.02. The van der Waals surface area contributed by atoms with Crippen LogP contribution in [0.25, 0.3) is 10.4 Å². The van der Waals surface area contributed by atoms with E-state index in [2.05, 4.69) is 4.90 Å². The second-order valence-corrected chi connectivity index (χ2v) is 8.05. The number of para-hydroxylation sites is 1. The van der Waals surface area contributed by atoms with E-state index in [0.29, 0.717) is 19.7 Å². The van der Waals surface area contributed by atoms with Gasteiger partial charge in [-0.1, -0.05) is 30.3 Å². The summed E-state index contributed by atoms with van der Waals surface area (Å²) >= 11 is 1.46. The Labute approximate surface area is 174 Å². The van der Waals surface area contributed by atoms with Crippen LogP contribution in [0.2, 0.25) is 0 Å². The average Bonchev–Trinajstić information content (AvgIpc) is 3.25. The molecule has 1 aliphatic heterocycles. The maximum absolute atomic E-state index is 13.1. The smallest absolute Gasteiger partial charge is 0.264 e. The Bertz CT molecular complexity index is 935. The van der Waals surface area contributed by atoms with Gasteiger partial charge in [-0.2, -0.15) is 0 Å². The first-order chi connectivity index (χ1) is 14.2. The fourth-order valence-corrected chi connectivity index (χ4v) is 4.34. The van der Waals surface area contributed by atoms with Crippen LogP contribution in [0.15, 0.2) is 66.7 Å². The lowest BCUT2D eigenvalue weighted by atomic mass is 10.2. The van der Waals surface area contributed by atoms with Gasteiger partial charge >= 0.3 is 0 Å². The number of piperazine rings is 1. The minimum absolute atomic E-state index is 0.0727. The Morgan fingerprint density at radius 2 is 1.66 bits per heavy atom. The van der Waals surface area contributed by atoms with E-state index in [1.807, 2.05) is 47.4 Å². The van der Waals surface area contributed by atoms with Crippen molar-refractivity contribution in [2.45, 2.75) is 0 Å². The third-order valence-corrected chi connectivity index (χ3v) is 6.15. The molecule has 0 radical (unpaired) electrons. The van der Waals surface area contributed by atoms with Crippen LogP contribution in [0.3, 0.4) is 0 Å². The average molecular weight is 411 g/mol. The minimum atomic E-state index is -0.256. The fraction of sp³-hybridized carbons (Fsp3) is 0.261. The summed E-state index contributed by atoms with van der Waals surface area (Å²) in [6.45, 7) is 4.62. The Balaban J connectivity index is 1.26. The van der Waals surface area contributed by atoms with E-state index in [1.165, 1.54) is 23.5 Å². The zero-order valence-electron chi connectivity index (χ0n) is 16.1. The lowest BCUT2D eigenvalue weighted by Gasteiger charge is -2.34. The monoisotopic (exact) mass is 410 g/mol. The van der Waals surface area contributed by atoms with Crippen LogP contribution in [0.1, 0.15) is 9.67 Å². The van der Waals surface area contributed by atoms with Crippen LogP contribution < -0.4 is 4.74 Å². The van der Waals surface area contributed by atoms with Crippen molar-refractivity contribution in [1.82, 2.24) is 9.80 Å². The molecular weight excluding hydrogens is 387 g/mol. The van der Waals surface area contributed by atoms with E-state index in [9.17, 15) is 9.18 Å². The van der Waals surface area contributed by atoms with E-state index < -0.39 is 0 Å². The van der Waals surface area contributed by atoms with Gasteiger partial charge in [-0.3, -0.25) is 9.69 Å². The van der Waals surface area contributed by atoms with Crippen molar-refractivity contribution < 1.29 is 13.9 Å². The van der Waals surface area contributed by atoms with Crippen molar-refractivity contribution >= 4 is 17.2 Å². The third-order valence-electron chi connectivity index (χ3n) is 5.02. The maximum atomic E-state index is 13.1. The highest BCUT2D eigenvalue weighted by molar-refractivity contribution is 7.17. The number of nitrogens with zero attached hydrogens (tertiary/aromatic N) is 2. The van der Waals surface area contributed by atoms with E-state index in [-0.39, 0.29) is 11.7 Å². The topological polar surface area (TPSA) is 32.8 Å². The van der Waals surface area contributed by atoms with Gasteiger partial charge in [0.25, 0.3) is 5.91 Å². The summed E-state index contributed by atoms with van der Waals surface area (Å²) < 4.78 is 18.9. The highest BCUT2D eigenvalue weighted by Crippen LogP contribution is 2.29. The zero-order valence-corrected chi connectivity index (χ0v) is 16.9. The number of rotatable bonds is 6. The summed E-state index contributed by atoms with van der Waals surface area (Å²) in [5, 5.41) is 0. The van der Waals surface area contributed by atoms with Crippen molar-refractivity contribution in [3.63, 3.8) is 0 Å². The summed E-state index contributed by atoms with van der Waals surface area (Å²) in [6.07, 6.45) is 0. The predicted octanol–water partition coefficient (Wildman–Crippen LogP) is 4.39. The molecule has 1 aromatic heterocycles. The molecule has 150 valence electrons. The molecule has 1 saturated heterocycles. The largest absolute Gasteiger partial charge is 0.492 e. The van der Waals surface area contributed by atoms with Crippen LogP contribution in [-0.2, 0) is 0 Å². The molecule has 3 aromatic rings. The first-order valence-electron chi connectivity index (χ1n) is 9.74. The summed E-state index contributed by atoms with van der Waals surface area (Å²) in [6, 6.07) is 20.0. The number of carbonyl (C=O) groups excluding carboxylic acids is 1. The van der Waals surface area contributed by atoms with Gasteiger partial charge < -0.3 is 9.64 Å². The summed E-state index contributed by atoms with van der Waals surface area (Å²) in [5.74, 6) is 0.702. The predicted molar refractivity (Wildman–Crippen MR) is 114 cm³/mol. The lowest BCUT2D eigenvalue weighted by molar-refractivity contribution is 0.0625. The second-order valence-electron chi connectivity index (χ2n) is 6.97. The zero-order chi connectivity index (χ0) is 20.1. The summed E-state index contributed by atoms with van der Waals surface area (Å²) in [7, 11) is 0. The Hall–Kier alpha value is -2.70. The number of hydrogen-bond acceptors (Lipinski definition) is 4. The van der Waals surface area contributed by atoms with Crippen molar-refractivity contribution in [1.29, 1.82) is 0 Å². The van der Waals surface area contributed by atoms with E-state index >= 15 is 0 Å². The molecule has 0 saturated carbocycles. The van der Waals surface area contributed by atoms with E-state index in [4.69, 9.17) is 4.74 Å². The van der Waals surface area contributed by atoms with Crippen molar-refractivity contribution in [2.75, 3.05) is 39.3 Å². The first kappa shape index (κ1) is 19.6. The quantitative estimate of drug-likeness (QED) is 0.604. The van der Waals surface area contributed by atoms with Crippen molar-refractivity contribution in [3.8, 4) is 16.2 Å². The Morgan fingerprint density at radius 3 is 2.38 bits per heavy atom. The molecule has 0 spiro atoms. The normalized spacial score (nSPS) is 14.7. The molecule has 6 heteroatoms. The second kappa shape index (κ2) is 9.20. The van der Waals surface area contributed by atoms with Crippen LogP contribution in [0.4, 0.5) is 4.39 Å². The molecule has 0 unspecified atom stereocenters. The summed E-state index contributed by atoms with van der Waals surface area (Å²) in [5.41, 5.74) is 0.929. The molecule has 2 aromatic carbocycles. The minimum Gasteiger partial charge on any atom is -0.492 e. The molecule has 4 nitrogen and oxygen atoms in total. The number of benzene rings is 2. The number of halogens is 1. The molecule has 4 rings (SSSR count). The van der Waals surface area contributed by atoms with Crippen LogP contribution >= 0.6 is 11.3 Å². The number of carbonyl (C=O) groups is 1. The molecular formula is C23H23FN2O2S. The van der Waals surface area contributed by atoms with Crippen LogP contribution in [0.5, 0.6) is 5.75 Å². The number of hydrogen-bond donors (Lipinski definition) is 0. The van der Waals surface area contributed by atoms with E-state index in [1.54, 1.807) is 12.1 Å². The molecule has 1 fully saturated rings. The first-order valence-corrected chi connectivity index (χ1v) is 10.6. The highest BCUT2D eigenvalue weighted by atomic mass is 32.1. The number of amides is 1. The van der Waals surface area contributed by atoms with Crippen LogP contribution in [0, 0.1) is 5.82 Å². The Morgan fingerprint density at radius 1 is 0.931 bits per heavy atom. The molecule has 1 aliphatic rings. The van der Waals surface area contributed by atoms with Gasteiger partial charge in [-0.25, -0.2) is 4.39 Å². The SMILES string of the molecule is O=C(c1ccc(-c2ccc(F)cc2)s1)N1CCN(CCOc2ccccc2)CC1. The molecule has 0 bridgehead atoms. The van der Waals surface area contributed by atoms with Crippen molar-refractivity contribution in [2.24, 2.45) is 0 Å². The van der Waals surface area contributed by atoms with Gasteiger partial charge in [-0.05, 0) is 42.0 Å². The van der Waals surface area contributed by atoms with Gasteiger partial charge in [0.05, 0.1) is 4.88 Å². The maximum Gasteiger partial charge on any atom is 0.264 e. The van der Waals surface area contributed by atoms with E-state index in [0.717, 1.165) is 40.7 Å². The number of thiophene rings is 1. The molecule has 2 heterocycles. The van der Waals surface area contributed by atoms with Crippen LogP contribution in [-0.4, -0.2) is 55.0 Å². The molecule has 1 amide bonds. The Kier molecular flexibility index (Phi) is 6.22.